The zero-order valence-corrected chi connectivity index (χ0v) is 12.9. The first kappa shape index (κ1) is 15.8. The van der Waals surface area contributed by atoms with Gasteiger partial charge in [-0.05, 0) is 64.6 Å². The summed E-state index contributed by atoms with van der Waals surface area (Å²) in [6, 6.07) is 0.477. The lowest BCUT2D eigenvalue weighted by Crippen LogP contribution is -2.43. The van der Waals surface area contributed by atoms with Gasteiger partial charge >= 0.3 is 0 Å². The van der Waals surface area contributed by atoms with Gasteiger partial charge in [-0.3, -0.25) is 9.69 Å². The van der Waals surface area contributed by atoms with E-state index in [1.54, 1.807) is 0 Å². The van der Waals surface area contributed by atoms with E-state index in [1.807, 2.05) is 0 Å². The summed E-state index contributed by atoms with van der Waals surface area (Å²) in [6.45, 7) is 6.17. The van der Waals surface area contributed by atoms with Crippen LogP contribution in [0.25, 0.3) is 0 Å². The van der Waals surface area contributed by atoms with Crippen LogP contribution < -0.4 is 11.1 Å². The van der Waals surface area contributed by atoms with Crippen LogP contribution in [0.3, 0.4) is 0 Å². The molecule has 0 aromatic carbocycles. The van der Waals surface area contributed by atoms with Gasteiger partial charge in [0.1, 0.15) is 0 Å². The number of nitrogens with zero attached hydrogens (tertiary/aromatic N) is 1. The molecule has 1 heterocycles. The summed E-state index contributed by atoms with van der Waals surface area (Å²) in [5, 5.41) is 3.18. The Morgan fingerprint density at radius 3 is 2.75 bits per heavy atom. The summed E-state index contributed by atoms with van der Waals surface area (Å²) in [4.78, 5) is 14.8. The maximum atomic E-state index is 12.3. The minimum absolute atomic E-state index is 0.228. The van der Waals surface area contributed by atoms with Gasteiger partial charge in [0.2, 0.25) is 5.91 Å². The molecular formula is C16H31N3O. The smallest absolute Gasteiger partial charge is 0.223 e. The number of hydrogen-bond donors (Lipinski definition) is 2. The molecular weight excluding hydrogens is 250 g/mol. The number of nitrogens with two attached hydrogens (primary N) is 1. The SMILES string of the molecule is CC(CNC(=O)C1CCCC(CCN)C1)N1CCCC1. The number of nitrogens with one attached hydrogen (secondary N) is 1. The predicted molar refractivity (Wildman–Crippen MR) is 82.4 cm³/mol. The van der Waals surface area contributed by atoms with Crippen LogP contribution in [0.2, 0.25) is 0 Å². The van der Waals surface area contributed by atoms with E-state index in [2.05, 4.69) is 17.1 Å². The second-order valence-electron chi connectivity index (χ2n) is 6.64. The normalized spacial score (nSPS) is 29.3. The molecule has 4 heteroatoms. The standard InChI is InChI=1S/C16H31N3O/c1-13(19-9-2-3-10-19)12-18-16(20)15-6-4-5-14(11-15)7-8-17/h13-15H,2-12,17H2,1H3,(H,18,20). The molecule has 1 aliphatic carbocycles. The van der Waals surface area contributed by atoms with Gasteiger partial charge in [-0.2, -0.15) is 0 Å². The predicted octanol–water partition coefficient (Wildman–Crippen LogP) is 1.74. The summed E-state index contributed by atoms with van der Waals surface area (Å²) >= 11 is 0. The van der Waals surface area contributed by atoms with Crippen molar-refractivity contribution >= 4 is 5.91 Å². The molecule has 3 unspecified atom stereocenters. The van der Waals surface area contributed by atoms with Gasteiger partial charge in [0, 0.05) is 18.5 Å². The molecule has 3 N–H and O–H groups in total. The van der Waals surface area contributed by atoms with Crippen molar-refractivity contribution in [1.29, 1.82) is 0 Å². The monoisotopic (exact) mass is 281 g/mol. The minimum atomic E-state index is 0.228. The van der Waals surface area contributed by atoms with Gasteiger partial charge in [0.05, 0.1) is 0 Å². The molecule has 1 aliphatic heterocycles. The van der Waals surface area contributed by atoms with E-state index < -0.39 is 0 Å². The maximum absolute atomic E-state index is 12.3. The fourth-order valence-corrected chi connectivity index (χ4v) is 3.73. The largest absolute Gasteiger partial charge is 0.354 e. The lowest BCUT2D eigenvalue weighted by Gasteiger charge is -2.29. The summed E-state index contributed by atoms with van der Waals surface area (Å²) in [6.07, 6.45) is 8.24. The highest BCUT2D eigenvalue weighted by atomic mass is 16.1. The van der Waals surface area contributed by atoms with Gasteiger partial charge in [-0.1, -0.05) is 12.8 Å². The van der Waals surface area contributed by atoms with E-state index in [0.29, 0.717) is 12.0 Å². The Balaban J connectivity index is 1.70. The highest BCUT2D eigenvalue weighted by Gasteiger charge is 2.27. The molecule has 0 bridgehead atoms. The number of rotatable bonds is 6. The van der Waals surface area contributed by atoms with Crippen LogP contribution in [0.15, 0.2) is 0 Å². The van der Waals surface area contributed by atoms with Crippen molar-refractivity contribution < 1.29 is 4.79 Å². The molecule has 0 spiro atoms. The topological polar surface area (TPSA) is 58.4 Å². The zero-order chi connectivity index (χ0) is 14.4. The molecule has 0 radical (unpaired) electrons. The summed E-state index contributed by atoms with van der Waals surface area (Å²) in [5.41, 5.74) is 5.64. The number of hydrogen-bond acceptors (Lipinski definition) is 3. The van der Waals surface area contributed by atoms with E-state index in [0.717, 1.165) is 32.4 Å². The van der Waals surface area contributed by atoms with E-state index in [-0.39, 0.29) is 11.8 Å². The Bertz CT molecular complexity index is 300. The average molecular weight is 281 g/mol. The quantitative estimate of drug-likeness (QED) is 0.780. The molecule has 2 rings (SSSR count). The zero-order valence-electron chi connectivity index (χ0n) is 12.9. The number of carbonyl (C=O) groups is 1. The van der Waals surface area contributed by atoms with E-state index >= 15 is 0 Å². The minimum Gasteiger partial charge on any atom is -0.354 e. The summed E-state index contributed by atoms with van der Waals surface area (Å²) < 4.78 is 0. The Hall–Kier alpha value is -0.610. The van der Waals surface area contributed by atoms with E-state index in [4.69, 9.17) is 5.73 Å². The number of carbonyl (C=O) groups excluding carboxylic acids is 1. The van der Waals surface area contributed by atoms with Crippen molar-refractivity contribution in [2.45, 2.75) is 57.9 Å². The third kappa shape index (κ3) is 4.45. The molecule has 20 heavy (non-hydrogen) atoms. The molecule has 4 nitrogen and oxygen atoms in total. The van der Waals surface area contributed by atoms with Crippen molar-refractivity contribution in [2.24, 2.45) is 17.6 Å². The van der Waals surface area contributed by atoms with Gasteiger partial charge in [-0.25, -0.2) is 0 Å². The fraction of sp³-hybridized carbons (Fsp3) is 0.938. The van der Waals surface area contributed by atoms with Gasteiger partial charge in [-0.15, -0.1) is 0 Å². The first-order valence-electron chi connectivity index (χ1n) is 8.42. The average Bonchev–Trinajstić information content (AvgIpc) is 2.99. The molecule has 3 atom stereocenters. The van der Waals surface area contributed by atoms with Crippen LogP contribution >= 0.6 is 0 Å². The third-order valence-corrected chi connectivity index (χ3v) is 5.06. The molecule has 1 saturated carbocycles. The van der Waals surface area contributed by atoms with Crippen molar-refractivity contribution in [3.05, 3.63) is 0 Å². The Morgan fingerprint density at radius 1 is 1.30 bits per heavy atom. The highest BCUT2D eigenvalue weighted by Crippen LogP contribution is 2.30. The van der Waals surface area contributed by atoms with E-state index in [1.165, 1.54) is 38.8 Å². The lowest BCUT2D eigenvalue weighted by molar-refractivity contribution is -0.126. The van der Waals surface area contributed by atoms with Gasteiger partial charge < -0.3 is 11.1 Å². The lowest BCUT2D eigenvalue weighted by atomic mass is 9.79. The van der Waals surface area contributed by atoms with Gasteiger partial charge in [0.15, 0.2) is 0 Å². The molecule has 116 valence electrons. The van der Waals surface area contributed by atoms with Crippen LogP contribution in [-0.2, 0) is 4.79 Å². The molecule has 1 amide bonds. The maximum Gasteiger partial charge on any atom is 0.223 e. The van der Waals surface area contributed by atoms with Crippen LogP contribution in [0, 0.1) is 11.8 Å². The van der Waals surface area contributed by atoms with Crippen molar-refractivity contribution in [1.82, 2.24) is 10.2 Å². The van der Waals surface area contributed by atoms with Crippen LogP contribution in [0.4, 0.5) is 0 Å². The van der Waals surface area contributed by atoms with Crippen LogP contribution in [0.5, 0.6) is 0 Å². The van der Waals surface area contributed by atoms with Crippen LogP contribution in [-0.4, -0.2) is 43.0 Å². The summed E-state index contributed by atoms with van der Waals surface area (Å²) in [7, 11) is 0. The third-order valence-electron chi connectivity index (χ3n) is 5.06. The molecule has 2 aliphatic rings. The molecule has 0 aromatic rings. The number of amides is 1. The molecule has 1 saturated heterocycles. The second kappa shape index (κ2) is 7.99. The van der Waals surface area contributed by atoms with Crippen molar-refractivity contribution in [3.8, 4) is 0 Å². The Kier molecular flexibility index (Phi) is 6.30. The fourth-order valence-electron chi connectivity index (χ4n) is 3.73. The van der Waals surface area contributed by atoms with Crippen LogP contribution in [0.1, 0.15) is 51.9 Å². The summed E-state index contributed by atoms with van der Waals surface area (Å²) in [5.74, 6) is 1.17. The first-order valence-corrected chi connectivity index (χ1v) is 8.42. The Morgan fingerprint density at radius 2 is 2.05 bits per heavy atom. The Labute approximate surface area is 123 Å². The highest BCUT2D eigenvalue weighted by molar-refractivity contribution is 5.78. The molecule has 2 fully saturated rings. The number of likely N-dealkylation sites (tertiary alicyclic amines) is 1. The van der Waals surface area contributed by atoms with Crippen molar-refractivity contribution in [3.63, 3.8) is 0 Å². The van der Waals surface area contributed by atoms with Gasteiger partial charge in [0.25, 0.3) is 0 Å². The van der Waals surface area contributed by atoms with E-state index in [9.17, 15) is 4.79 Å². The molecule has 0 aromatic heterocycles. The first-order chi connectivity index (χ1) is 9.70. The second-order valence-corrected chi connectivity index (χ2v) is 6.64. The van der Waals surface area contributed by atoms with Crippen molar-refractivity contribution in [2.75, 3.05) is 26.2 Å².